The number of fused-ring (bicyclic) bond motifs is 1. The predicted molar refractivity (Wildman–Crippen MR) is 148 cm³/mol. The minimum Gasteiger partial charge on any atom is -0.469 e. The predicted octanol–water partition coefficient (Wildman–Crippen LogP) is 7.04. The van der Waals surface area contributed by atoms with Crippen LogP contribution in [0.4, 0.5) is 0 Å². The van der Waals surface area contributed by atoms with Gasteiger partial charge in [0.1, 0.15) is 0 Å². The molecule has 4 aliphatic rings. The minimum absolute atomic E-state index is 0.0719. The van der Waals surface area contributed by atoms with Crippen LogP contribution < -0.4 is 0 Å². The molecular formula is C32H50O6. The first-order valence-electron chi connectivity index (χ1n) is 15.3. The van der Waals surface area contributed by atoms with Gasteiger partial charge >= 0.3 is 5.97 Å². The third kappa shape index (κ3) is 9.04. The second-order valence-corrected chi connectivity index (χ2v) is 11.4. The first-order valence-corrected chi connectivity index (χ1v) is 15.3. The van der Waals surface area contributed by atoms with Crippen molar-refractivity contribution < 1.29 is 28.5 Å². The van der Waals surface area contributed by atoms with Gasteiger partial charge in [-0.05, 0) is 76.0 Å². The lowest BCUT2D eigenvalue weighted by Gasteiger charge is -2.30. The molecule has 6 heteroatoms. The number of hydrogen-bond donors (Lipinski definition) is 0. The maximum Gasteiger partial charge on any atom is 0.305 e. The summed E-state index contributed by atoms with van der Waals surface area (Å²) in [5, 5.41) is 0. The van der Waals surface area contributed by atoms with E-state index in [1.165, 1.54) is 44.8 Å². The molecule has 2 saturated heterocycles. The van der Waals surface area contributed by atoms with E-state index < -0.39 is 0 Å². The Balaban J connectivity index is 1.42. The van der Waals surface area contributed by atoms with E-state index in [0.29, 0.717) is 30.6 Å². The van der Waals surface area contributed by atoms with Crippen LogP contribution in [0.1, 0.15) is 96.8 Å². The van der Waals surface area contributed by atoms with Crippen LogP contribution in [0.15, 0.2) is 36.0 Å². The monoisotopic (exact) mass is 530 g/mol. The maximum absolute atomic E-state index is 11.4. The molecule has 4 rings (SSSR count). The molecule has 1 saturated carbocycles. The second kappa shape index (κ2) is 16.0. The number of carbonyl (C=O) groups excluding carboxylic acids is 1. The highest BCUT2D eigenvalue weighted by Crippen LogP contribution is 2.49. The molecule has 214 valence electrons. The van der Waals surface area contributed by atoms with Crippen molar-refractivity contribution in [2.45, 2.75) is 122 Å². The van der Waals surface area contributed by atoms with Crippen molar-refractivity contribution in [3.63, 3.8) is 0 Å². The van der Waals surface area contributed by atoms with Crippen molar-refractivity contribution in [2.24, 2.45) is 17.8 Å². The summed E-state index contributed by atoms with van der Waals surface area (Å²) in [6.45, 7) is 3.86. The summed E-state index contributed by atoms with van der Waals surface area (Å²) in [4.78, 5) is 11.4. The van der Waals surface area contributed by atoms with E-state index in [9.17, 15) is 4.79 Å². The molecular weight excluding hydrogens is 480 g/mol. The highest BCUT2D eigenvalue weighted by molar-refractivity contribution is 5.69. The van der Waals surface area contributed by atoms with Crippen LogP contribution in [-0.2, 0) is 28.5 Å². The van der Waals surface area contributed by atoms with Gasteiger partial charge in [-0.2, -0.15) is 0 Å². The number of ether oxygens (including phenoxy) is 5. The summed E-state index contributed by atoms with van der Waals surface area (Å²) in [6, 6.07) is 0. The van der Waals surface area contributed by atoms with Crippen LogP contribution in [0.2, 0.25) is 0 Å². The van der Waals surface area contributed by atoms with Crippen molar-refractivity contribution in [1.29, 1.82) is 0 Å². The third-order valence-corrected chi connectivity index (χ3v) is 8.52. The Bertz CT molecular complexity index is 792. The zero-order valence-electron chi connectivity index (χ0n) is 23.7. The summed E-state index contributed by atoms with van der Waals surface area (Å²) >= 11 is 0. The SMILES string of the molecule is CCCCC[C@@H](C=C[C@H]1[C@@H]2CC(C=CCCC(=O)OC)=C[C@H]2C[C@H]1OC1CCCCO1)OC1CCCCO1. The van der Waals surface area contributed by atoms with Gasteiger partial charge in [-0.3, -0.25) is 4.79 Å². The topological polar surface area (TPSA) is 63.2 Å². The standard InChI is InChI=1S/C32H50O6/c1-3-4-5-13-26(37-31-15-8-10-19-35-31)17-18-27-28-22-24(12-6-7-14-30(33)34-2)21-25(28)23-29(27)38-32-16-9-11-20-36-32/h6,12,17-18,21,25-29,31-32H,3-5,7-11,13-16,19-20,22-23H2,1-2H3/t25-,26-,27-,28+,29+,31?,32?/m0/s1. The maximum atomic E-state index is 11.4. The molecule has 6 nitrogen and oxygen atoms in total. The molecule has 2 heterocycles. The summed E-state index contributed by atoms with van der Waals surface area (Å²) in [5.41, 5.74) is 1.38. The first-order chi connectivity index (χ1) is 18.7. The number of allylic oxidation sites excluding steroid dienone is 4. The summed E-state index contributed by atoms with van der Waals surface area (Å²) in [5.74, 6) is 1.23. The van der Waals surface area contributed by atoms with Gasteiger partial charge in [0.15, 0.2) is 12.6 Å². The second-order valence-electron chi connectivity index (χ2n) is 11.4. The third-order valence-electron chi connectivity index (χ3n) is 8.52. The molecule has 0 aromatic rings. The van der Waals surface area contributed by atoms with Gasteiger partial charge < -0.3 is 23.7 Å². The highest BCUT2D eigenvalue weighted by Gasteiger charge is 2.45. The van der Waals surface area contributed by atoms with E-state index in [1.807, 2.05) is 0 Å². The van der Waals surface area contributed by atoms with E-state index in [0.717, 1.165) is 58.2 Å². The Morgan fingerprint density at radius 3 is 2.61 bits per heavy atom. The zero-order valence-corrected chi connectivity index (χ0v) is 23.7. The number of carbonyl (C=O) groups is 1. The molecule has 7 atom stereocenters. The van der Waals surface area contributed by atoms with Gasteiger partial charge in [-0.1, -0.05) is 62.1 Å². The van der Waals surface area contributed by atoms with Crippen molar-refractivity contribution in [3.8, 4) is 0 Å². The van der Waals surface area contributed by atoms with E-state index in [-0.39, 0.29) is 30.8 Å². The molecule has 0 amide bonds. The average Bonchev–Trinajstić information content (AvgIpc) is 3.47. The van der Waals surface area contributed by atoms with E-state index >= 15 is 0 Å². The fourth-order valence-electron chi connectivity index (χ4n) is 6.41. The lowest BCUT2D eigenvalue weighted by atomic mass is 9.88. The zero-order chi connectivity index (χ0) is 26.6. The quantitative estimate of drug-likeness (QED) is 0.136. The molecule has 0 N–H and O–H groups in total. The van der Waals surface area contributed by atoms with Crippen molar-refractivity contribution in [3.05, 3.63) is 36.0 Å². The average molecular weight is 531 g/mol. The molecule has 0 radical (unpaired) electrons. The Labute approximate surface area is 230 Å². The number of unbranched alkanes of at least 4 members (excludes halogenated alkanes) is 2. The highest BCUT2D eigenvalue weighted by atomic mass is 16.7. The Morgan fingerprint density at radius 1 is 1.11 bits per heavy atom. The van der Waals surface area contributed by atoms with Gasteiger partial charge in [0.25, 0.3) is 0 Å². The molecule has 38 heavy (non-hydrogen) atoms. The molecule has 2 unspecified atom stereocenters. The van der Waals surface area contributed by atoms with Crippen LogP contribution in [0.5, 0.6) is 0 Å². The number of esters is 1. The Kier molecular flexibility index (Phi) is 12.4. The smallest absolute Gasteiger partial charge is 0.305 e. The Morgan fingerprint density at radius 2 is 1.89 bits per heavy atom. The van der Waals surface area contributed by atoms with Gasteiger partial charge in [-0.25, -0.2) is 0 Å². The molecule has 0 aromatic carbocycles. The molecule has 3 fully saturated rings. The molecule has 2 aliphatic heterocycles. The summed E-state index contributed by atoms with van der Waals surface area (Å²) in [7, 11) is 1.44. The van der Waals surface area contributed by atoms with Crippen molar-refractivity contribution in [1.82, 2.24) is 0 Å². The number of rotatable bonds is 14. The van der Waals surface area contributed by atoms with Crippen LogP contribution in [-0.4, -0.2) is 51.1 Å². The lowest BCUT2D eigenvalue weighted by Crippen LogP contribution is -2.31. The van der Waals surface area contributed by atoms with Gasteiger partial charge in [0.2, 0.25) is 0 Å². The Hall–Kier alpha value is -1.47. The van der Waals surface area contributed by atoms with E-state index in [2.05, 4.69) is 37.3 Å². The fraction of sp³-hybridized carbons (Fsp3) is 0.781. The van der Waals surface area contributed by atoms with Crippen LogP contribution in [0, 0.1) is 17.8 Å². The van der Waals surface area contributed by atoms with Crippen LogP contribution in [0.3, 0.4) is 0 Å². The van der Waals surface area contributed by atoms with E-state index in [4.69, 9.17) is 23.7 Å². The normalized spacial score (nSPS) is 32.5. The fourth-order valence-corrected chi connectivity index (χ4v) is 6.41. The molecule has 0 spiro atoms. The van der Waals surface area contributed by atoms with Gasteiger partial charge in [0, 0.05) is 25.6 Å². The van der Waals surface area contributed by atoms with Gasteiger partial charge in [-0.15, -0.1) is 0 Å². The lowest BCUT2D eigenvalue weighted by molar-refractivity contribution is -0.193. The minimum atomic E-state index is -0.156. The first kappa shape index (κ1) is 29.5. The molecule has 0 bridgehead atoms. The van der Waals surface area contributed by atoms with Crippen LogP contribution in [0.25, 0.3) is 0 Å². The van der Waals surface area contributed by atoms with Crippen LogP contribution >= 0.6 is 0 Å². The van der Waals surface area contributed by atoms with Crippen molar-refractivity contribution in [2.75, 3.05) is 20.3 Å². The van der Waals surface area contributed by atoms with E-state index in [1.54, 1.807) is 0 Å². The molecule has 2 aliphatic carbocycles. The number of methoxy groups -OCH3 is 1. The summed E-state index contributed by atoms with van der Waals surface area (Å²) in [6.07, 6.45) is 26.1. The largest absolute Gasteiger partial charge is 0.469 e. The summed E-state index contributed by atoms with van der Waals surface area (Å²) < 4.78 is 29.7. The number of hydrogen-bond acceptors (Lipinski definition) is 6. The molecule has 0 aromatic heterocycles. The van der Waals surface area contributed by atoms with Crippen molar-refractivity contribution >= 4 is 5.97 Å². The van der Waals surface area contributed by atoms with Gasteiger partial charge in [0.05, 0.1) is 19.3 Å².